The van der Waals surface area contributed by atoms with Gasteiger partial charge in [-0.1, -0.05) is 60.1 Å². The molecule has 0 spiro atoms. The molecule has 1 heterocycles. The van der Waals surface area contributed by atoms with Crippen molar-refractivity contribution >= 4 is 44.6 Å². The highest BCUT2D eigenvalue weighted by Gasteiger charge is 2.45. The van der Waals surface area contributed by atoms with Gasteiger partial charge in [0.2, 0.25) is 11.9 Å². The Balaban J connectivity index is 1.79. The topological polar surface area (TPSA) is 111 Å². The third-order valence-electron chi connectivity index (χ3n) is 5.98. The van der Waals surface area contributed by atoms with Crippen molar-refractivity contribution < 1.29 is 35.9 Å². The van der Waals surface area contributed by atoms with Crippen LogP contribution in [-0.2, 0) is 21.3 Å². The van der Waals surface area contributed by atoms with Crippen LogP contribution in [0.5, 0.6) is 5.88 Å². The number of ether oxygens (including phenoxy) is 2. The highest BCUT2D eigenvalue weighted by Crippen LogP contribution is 2.41. The summed E-state index contributed by atoms with van der Waals surface area (Å²) in [7, 11) is -3.30. The second-order valence-electron chi connectivity index (χ2n) is 10.3. The van der Waals surface area contributed by atoms with Crippen molar-refractivity contribution in [3.05, 3.63) is 88.9 Å². The van der Waals surface area contributed by atoms with E-state index in [1.54, 1.807) is 32.9 Å². The fraction of sp³-hybridized carbons (Fsp3) is 0.276. The van der Waals surface area contributed by atoms with Crippen LogP contribution in [0.2, 0.25) is 5.02 Å². The van der Waals surface area contributed by atoms with Gasteiger partial charge < -0.3 is 14.8 Å². The van der Waals surface area contributed by atoms with Crippen molar-refractivity contribution in [1.82, 2.24) is 15.3 Å². The number of nitrogens with zero attached hydrogens (tertiary/aromatic N) is 3. The maximum Gasteiger partial charge on any atom is 0.429 e. The molecule has 1 N–H and O–H groups in total. The molecule has 1 atom stereocenters. The number of carbonyl (C=O) groups excluding carboxylic acids is 1. The summed E-state index contributed by atoms with van der Waals surface area (Å²) in [5, 5.41) is 2.36. The van der Waals surface area contributed by atoms with E-state index in [1.807, 2.05) is 0 Å². The Morgan fingerprint density at radius 1 is 0.953 bits per heavy atom. The van der Waals surface area contributed by atoms with E-state index in [2.05, 4.69) is 15.3 Å². The van der Waals surface area contributed by atoms with Gasteiger partial charge in [-0.15, -0.1) is 0 Å². The number of para-hydroxylation sites is 2. The van der Waals surface area contributed by atoms with Crippen LogP contribution in [0.1, 0.15) is 38.0 Å². The Bertz CT molecular complexity index is 1750. The molecule has 0 saturated heterocycles. The quantitative estimate of drug-likeness (QED) is 0.226. The van der Waals surface area contributed by atoms with Gasteiger partial charge in [-0.25, -0.2) is 27.5 Å². The van der Waals surface area contributed by atoms with Gasteiger partial charge in [-0.3, -0.25) is 0 Å². The van der Waals surface area contributed by atoms with Crippen LogP contribution in [0.3, 0.4) is 0 Å². The first kappa shape index (κ1) is 31.8. The average molecular weight is 637 g/mol. The zero-order valence-electron chi connectivity index (χ0n) is 23.5. The van der Waals surface area contributed by atoms with Gasteiger partial charge >= 0.3 is 12.3 Å². The van der Waals surface area contributed by atoms with Crippen molar-refractivity contribution in [2.75, 3.05) is 11.4 Å². The monoisotopic (exact) mass is 636 g/mol. The van der Waals surface area contributed by atoms with Crippen LogP contribution in [0.25, 0.3) is 11.0 Å². The summed E-state index contributed by atoms with van der Waals surface area (Å²) in [6, 6.07) is 17.4. The Morgan fingerprint density at radius 2 is 1.53 bits per heavy atom. The number of nitrogens with one attached hydrogen (secondary N) is 1. The first-order chi connectivity index (χ1) is 20.1. The van der Waals surface area contributed by atoms with E-state index in [1.165, 1.54) is 60.7 Å². The fourth-order valence-electron chi connectivity index (χ4n) is 4.02. The molecule has 1 unspecified atom stereocenters. The summed E-state index contributed by atoms with van der Waals surface area (Å²) in [4.78, 5) is 20.5. The summed E-state index contributed by atoms with van der Waals surface area (Å²) in [6.07, 6.45) is -8.43. The highest BCUT2D eigenvalue weighted by atomic mass is 35.5. The molecule has 9 nitrogen and oxygen atoms in total. The van der Waals surface area contributed by atoms with Crippen LogP contribution in [-0.4, -0.2) is 43.3 Å². The Morgan fingerprint density at radius 3 is 2.16 bits per heavy atom. The molecule has 4 aromatic rings. The van der Waals surface area contributed by atoms with Crippen LogP contribution in [0, 0.1) is 0 Å². The number of alkyl halides is 3. The number of sulfonamides is 1. The minimum atomic E-state index is -4.99. The van der Waals surface area contributed by atoms with Gasteiger partial charge in [0.25, 0.3) is 15.9 Å². The van der Waals surface area contributed by atoms with E-state index in [9.17, 15) is 26.4 Å². The largest absolute Gasteiger partial charge is 0.457 e. The highest BCUT2D eigenvalue weighted by molar-refractivity contribution is 7.93. The molecule has 0 fully saturated rings. The molecule has 1 aromatic heterocycles. The SMILES string of the molecule is CN(c1nc2ccccc2nc1OC(c1ccccc1CNC(=O)OC(C)(C)C)C(F)(F)F)S(=O)(=O)c1ccccc1Cl. The zero-order valence-corrected chi connectivity index (χ0v) is 25.1. The molecule has 0 saturated carbocycles. The molecular weight excluding hydrogens is 609 g/mol. The maximum absolute atomic E-state index is 14.7. The molecule has 0 radical (unpaired) electrons. The molecule has 3 aromatic carbocycles. The predicted molar refractivity (Wildman–Crippen MR) is 156 cm³/mol. The van der Waals surface area contributed by atoms with E-state index in [0.29, 0.717) is 4.31 Å². The normalized spacial score (nSPS) is 12.9. The number of carbonyl (C=O) groups is 1. The van der Waals surface area contributed by atoms with Crippen molar-refractivity contribution in [3.8, 4) is 5.88 Å². The second kappa shape index (κ2) is 12.3. The lowest BCUT2D eigenvalue weighted by Crippen LogP contribution is -2.33. The molecule has 228 valence electrons. The molecule has 4 rings (SSSR count). The molecule has 1 amide bonds. The van der Waals surface area contributed by atoms with Gasteiger partial charge in [0.1, 0.15) is 10.5 Å². The molecular formula is C29H28ClF3N4O5S. The minimum absolute atomic E-state index is 0.0861. The first-order valence-corrected chi connectivity index (χ1v) is 14.7. The number of anilines is 1. The van der Waals surface area contributed by atoms with Crippen LogP contribution < -0.4 is 14.4 Å². The summed E-state index contributed by atoms with van der Waals surface area (Å²) < 4.78 is 82.4. The third kappa shape index (κ3) is 7.46. The third-order valence-corrected chi connectivity index (χ3v) is 8.23. The smallest absolute Gasteiger partial charge is 0.429 e. The van der Waals surface area contributed by atoms with E-state index in [4.69, 9.17) is 21.1 Å². The summed E-state index contributed by atoms with van der Waals surface area (Å²) in [6.45, 7) is 4.65. The number of benzene rings is 3. The lowest BCUT2D eigenvalue weighted by Gasteiger charge is -2.27. The average Bonchev–Trinajstić information content (AvgIpc) is 2.92. The van der Waals surface area contributed by atoms with E-state index in [-0.39, 0.29) is 38.6 Å². The number of hydrogen-bond acceptors (Lipinski definition) is 7. The van der Waals surface area contributed by atoms with Crippen molar-refractivity contribution in [2.45, 2.75) is 50.1 Å². The number of halogens is 4. The number of aromatic nitrogens is 2. The molecule has 0 bridgehead atoms. The van der Waals surface area contributed by atoms with Crippen LogP contribution >= 0.6 is 11.6 Å². The number of hydrogen-bond donors (Lipinski definition) is 1. The van der Waals surface area contributed by atoms with Crippen molar-refractivity contribution in [3.63, 3.8) is 0 Å². The van der Waals surface area contributed by atoms with Crippen LogP contribution in [0.15, 0.2) is 77.7 Å². The summed E-state index contributed by atoms with van der Waals surface area (Å²) >= 11 is 6.14. The Hall–Kier alpha value is -4.10. The molecule has 14 heteroatoms. The zero-order chi connectivity index (χ0) is 31.6. The minimum Gasteiger partial charge on any atom is -0.457 e. The molecule has 0 aliphatic rings. The van der Waals surface area contributed by atoms with Gasteiger partial charge in [-0.2, -0.15) is 13.2 Å². The number of rotatable bonds is 8. The fourth-order valence-corrected chi connectivity index (χ4v) is 5.66. The molecule has 0 aliphatic carbocycles. The van der Waals surface area contributed by atoms with E-state index < -0.39 is 45.7 Å². The predicted octanol–water partition coefficient (Wildman–Crippen LogP) is 6.82. The van der Waals surface area contributed by atoms with Crippen molar-refractivity contribution in [2.24, 2.45) is 0 Å². The van der Waals surface area contributed by atoms with Crippen molar-refractivity contribution in [1.29, 1.82) is 0 Å². The summed E-state index contributed by atoms with van der Waals surface area (Å²) in [5.74, 6) is -1.17. The molecule has 0 aliphatic heterocycles. The van der Waals surface area contributed by atoms with E-state index >= 15 is 0 Å². The first-order valence-electron chi connectivity index (χ1n) is 12.9. The van der Waals surface area contributed by atoms with Crippen LogP contribution in [0.4, 0.5) is 23.8 Å². The Kier molecular flexibility index (Phi) is 9.07. The van der Waals surface area contributed by atoms with E-state index in [0.717, 1.165) is 7.05 Å². The Labute approximate surface area is 251 Å². The lowest BCUT2D eigenvalue weighted by molar-refractivity contribution is -0.198. The second-order valence-corrected chi connectivity index (χ2v) is 12.7. The van der Waals surface area contributed by atoms with Gasteiger partial charge in [-0.05, 0) is 50.6 Å². The van der Waals surface area contributed by atoms with Gasteiger partial charge in [0, 0.05) is 19.2 Å². The molecule has 43 heavy (non-hydrogen) atoms. The van der Waals surface area contributed by atoms with Gasteiger partial charge in [0.15, 0.2) is 0 Å². The number of amides is 1. The number of fused-ring (bicyclic) bond motifs is 1. The van der Waals surface area contributed by atoms with Gasteiger partial charge in [0.05, 0.1) is 16.1 Å². The summed E-state index contributed by atoms with van der Waals surface area (Å²) in [5.41, 5.74) is -0.670. The standard InChI is InChI=1S/C29H28ClF3N4O5S/c1-28(2,3)42-27(38)34-17-18-11-5-6-12-19(18)24(29(31,32)33)41-26-25(35-21-14-8-9-15-22(21)36-26)37(4)43(39,40)23-16-10-7-13-20(23)30/h5-16,24H,17H2,1-4H3,(H,34,38). The number of alkyl carbamates (subject to hydrolysis) is 1. The lowest BCUT2D eigenvalue weighted by atomic mass is 10.0. The maximum atomic E-state index is 14.7.